The zero-order valence-corrected chi connectivity index (χ0v) is 9.33. The lowest BCUT2D eigenvalue weighted by Gasteiger charge is -2.28. The molecule has 76 valence electrons. The molecule has 0 amide bonds. The van der Waals surface area contributed by atoms with E-state index < -0.39 is 0 Å². The molecule has 0 bridgehead atoms. The maximum absolute atomic E-state index is 2.46. The minimum Gasteiger partial charge on any atom is -0.320 e. The highest BCUT2D eigenvalue weighted by Gasteiger charge is 2.36. The molecule has 0 radical (unpaired) electrons. The van der Waals surface area contributed by atoms with Crippen LogP contribution in [-0.4, -0.2) is 26.8 Å². The molecule has 1 aromatic rings. The second-order valence-corrected chi connectivity index (χ2v) is 4.20. The number of benzene rings is 1. The van der Waals surface area contributed by atoms with Crippen LogP contribution in [-0.2, 0) is 0 Å². The van der Waals surface area contributed by atoms with Crippen molar-refractivity contribution >= 4 is 11.4 Å². The van der Waals surface area contributed by atoms with Crippen LogP contribution in [0.2, 0.25) is 0 Å². The third-order valence-electron chi connectivity index (χ3n) is 3.37. The largest absolute Gasteiger partial charge is 0.320 e. The Labute approximate surface area is 86.3 Å². The number of anilines is 1. The summed E-state index contributed by atoms with van der Waals surface area (Å²) in [5.74, 6) is 0. The van der Waals surface area contributed by atoms with Crippen LogP contribution in [0.1, 0.15) is 13.8 Å². The highest BCUT2D eigenvalue weighted by atomic mass is 15.5. The van der Waals surface area contributed by atoms with E-state index in [0.717, 1.165) is 24.2 Å². The molecular formula is C12H19N2+. The first-order valence-electron chi connectivity index (χ1n) is 5.40. The van der Waals surface area contributed by atoms with Crippen LogP contribution in [0.5, 0.6) is 0 Å². The van der Waals surface area contributed by atoms with Gasteiger partial charge < -0.3 is 4.90 Å². The SMILES string of the molecule is CCN1C[N+](C)(CC)c2ccccc21. The monoisotopic (exact) mass is 191 g/mol. The first-order valence-corrected chi connectivity index (χ1v) is 5.40. The van der Waals surface area contributed by atoms with Crippen molar-refractivity contribution in [1.29, 1.82) is 0 Å². The van der Waals surface area contributed by atoms with Gasteiger partial charge in [0.15, 0.2) is 12.4 Å². The van der Waals surface area contributed by atoms with Gasteiger partial charge in [-0.3, -0.25) is 4.48 Å². The highest BCUT2D eigenvalue weighted by Crippen LogP contribution is 2.39. The van der Waals surface area contributed by atoms with Gasteiger partial charge in [-0.2, -0.15) is 0 Å². The molecule has 0 saturated carbocycles. The van der Waals surface area contributed by atoms with Crippen LogP contribution in [0.3, 0.4) is 0 Å². The van der Waals surface area contributed by atoms with Crippen molar-refractivity contribution in [2.75, 3.05) is 31.7 Å². The number of quaternary nitrogens is 1. The van der Waals surface area contributed by atoms with Gasteiger partial charge in [-0.05, 0) is 19.9 Å². The molecule has 0 saturated heterocycles. The van der Waals surface area contributed by atoms with Gasteiger partial charge in [0.25, 0.3) is 0 Å². The molecule has 0 aliphatic carbocycles. The zero-order valence-electron chi connectivity index (χ0n) is 9.33. The smallest absolute Gasteiger partial charge is 0.159 e. The van der Waals surface area contributed by atoms with Crippen molar-refractivity contribution in [1.82, 2.24) is 4.48 Å². The minimum absolute atomic E-state index is 1.05. The van der Waals surface area contributed by atoms with Crippen molar-refractivity contribution in [3.63, 3.8) is 0 Å². The third-order valence-corrected chi connectivity index (χ3v) is 3.37. The number of hydrogen-bond acceptors (Lipinski definition) is 1. The summed E-state index contributed by atoms with van der Waals surface area (Å²) in [4.78, 5) is 2.46. The fourth-order valence-corrected chi connectivity index (χ4v) is 2.26. The molecule has 14 heavy (non-hydrogen) atoms. The molecule has 0 aromatic heterocycles. The van der Waals surface area contributed by atoms with Gasteiger partial charge in [-0.1, -0.05) is 12.1 Å². The Balaban J connectivity index is 2.48. The zero-order chi connectivity index (χ0) is 10.2. The lowest BCUT2D eigenvalue weighted by atomic mass is 10.2. The summed E-state index contributed by atoms with van der Waals surface area (Å²) in [6.45, 7) is 7.86. The van der Waals surface area contributed by atoms with E-state index in [2.05, 4.69) is 50.1 Å². The van der Waals surface area contributed by atoms with Crippen LogP contribution in [0, 0.1) is 0 Å². The van der Waals surface area contributed by atoms with Gasteiger partial charge in [-0.25, -0.2) is 0 Å². The molecule has 2 rings (SSSR count). The standard InChI is InChI=1S/C12H19N2/c1-4-13-10-14(3,5-2)12-9-7-6-8-11(12)13/h6-9H,4-5,10H2,1-3H3/q+1. The second-order valence-electron chi connectivity index (χ2n) is 4.20. The third kappa shape index (κ3) is 1.22. The fraction of sp³-hybridized carbons (Fsp3) is 0.500. The number of hydrogen-bond donors (Lipinski definition) is 0. The minimum atomic E-state index is 1.05. The van der Waals surface area contributed by atoms with E-state index in [4.69, 9.17) is 0 Å². The fourth-order valence-electron chi connectivity index (χ4n) is 2.26. The first-order chi connectivity index (χ1) is 6.71. The first kappa shape index (κ1) is 9.53. The second kappa shape index (κ2) is 3.28. The number of para-hydroxylation sites is 2. The normalized spacial score (nSPS) is 25.2. The van der Waals surface area contributed by atoms with Gasteiger partial charge in [0.05, 0.1) is 13.6 Å². The Morgan fingerprint density at radius 3 is 2.64 bits per heavy atom. The highest BCUT2D eigenvalue weighted by molar-refractivity contribution is 5.73. The molecule has 1 aliphatic heterocycles. The van der Waals surface area contributed by atoms with Gasteiger partial charge in [-0.15, -0.1) is 0 Å². The van der Waals surface area contributed by atoms with E-state index in [-0.39, 0.29) is 0 Å². The van der Waals surface area contributed by atoms with E-state index in [1.165, 1.54) is 11.4 Å². The van der Waals surface area contributed by atoms with Crippen LogP contribution < -0.4 is 9.38 Å². The molecule has 2 heteroatoms. The maximum Gasteiger partial charge on any atom is 0.159 e. The maximum atomic E-state index is 2.46. The Kier molecular flexibility index (Phi) is 2.23. The number of rotatable bonds is 2. The molecule has 1 atom stereocenters. The summed E-state index contributed by atoms with van der Waals surface area (Å²) in [5, 5.41) is 0. The van der Waals surface area contributed by atoms with Gasteiger partial charge >= 0.3 is 0 Å². The van der Waals surface area contributed by atoms with Crippen LogP contribution in [0.15, 0.2) is 24.3 Å². The molecular weight excluding hydrogens is 172 g/mol. The van der Waals surface area contributed by atoms with Crippen molar-refractivity contribution in [3.8, 4) is 0 Å². The quantitative estimate of drug-likeness (QED) is 0.649. The summed E-state index contributed by atoms with van der Waals surface area (Å²) in [6, 6.07) is 8.77. The predicted molar refractivity (Wildman–Crippen MR) is 62.6 cm³/mol. The molecule has 1 aromatic carbocycles. The van der Waals surface area contributed by atoms with E-state index in [0.29, 0.717) is 0 Å². The average Bonchev–Trinajstić information content (AvgIpc) is 2.54. The predicted octanol–water partition coefficient (Wildman–Crippen LogP) is 2.44. The summed E-state index contributed by atoms with van der Waals surface area (Å²) < 4.78 is 1.05. The molecule has 0 fully saturated rings. The average molecular weight is 191 g/mol. The molecule has 1 heterocycles. The van der Waals surface area contributed by atoms with Crippen molar-refractivity contribution < 1.29 is 0 Å². The molecule has 1 aliphatic rings. The van der Waals surface area contributed by atoms with Crippen molar-refractivity contribution in [3.05, 3.63) is 24.3 Å². The Morgan fingerprint density at radius 2 is 2.00 bits per heavy atom. The van der Waals surface area contributed by atoms with Crippen LogP contribution in [0.4, 0.5) is 11.4 Å². The van der Waals surface area contributed by atoms with E-state index >= 15 is 0 Å². The van der Waals surface area contributed by atoms with E-state index in [1.54, 1.807) is 0 Å². The molecule has 1 unspecified atom stereocenters. The summed E-state index contributed by atoms with van der Waals surface area (Å²) >= 11 is 0. The van der Waals surface area contributed by atoms with Crippen molar-refractivity contribution in [2.24, 2.45) is 0 Å². The van der Waals surface area contributed by atoms with E-state index in [9.17, 15) is 0 Å². The van der Waals surface area contributed by atoms with Crippen molar-refractivity contribution in [2.45, 2.75) is 13.8 Å². The Bertz CT molecular complexity index is 335. The number of fused-ring (bicyclic) bond motifs is 1. The Morgan fingerprint density at radius 1 is 1.29 bits per heavy atom. The number of nitrogens with zero attached hydrogens (tertiary/aromatic N) is 2. The summed E-state index contributed by atoms with van der Waals surface area (Å²) in [6.07, 6.45) is 0. The summed E-state index contributed by atoms with van der Waals surface area (Å²) in [5.41, 5.74) is 2.89. The van der Waals surface area contributed by atoms with Crippen LogP contribution in [0.25, 0.3) is 0 Å². The molecule has 0 N–H and O–H groups in total. The molecule has 0 spiro atoms. The molecule has 2 nitrogen and oxygen atoms in total. The van der Waals surface area contributed by atoms with E-state index in [1.807, 2.05) is 0 Å². The Hall–Kier alpha value is -1.02. The van der Waals surface area contributed by atoms with Gasteiger partial charge in [0, 0.05) is 12.6 Å². The lowest BCUT2D eigenvalue weighted by Crippen LogP contribution is -2.47. The van der Waals surface area contributed by atoms with Crippen LogP contribution >= 0.6 is 0 Å². The lowest BCUT2D eigenvalue weighted by molar-refractivity contribution is 0.369. The van der Waals surface area contributed by atoms with Gasteiger partial charge in [0.2, 0.25) is 0 Å². The topological polar surface area (TPSA) is 3.24 Å². The van der Waals surface area contributed by atoms with Gasteiger partial charge in [0.1, 0.15) is 5.69 Å². The summed E-state index contributed by atoms with van der Waals surface area (Å²) in [7, 11) is 2.31.